The van der Waals surface area contributed by atoms with Gasteiger partial charge in [-0.05, 0) is 31.6 Å². The molecule has 0 spiro atoms. The lowest BCUT2D eigenvalue weighted by atomic mass is 10.0. The smallest absolute Gasteiger partial charge is 0.462 e. The Morgan fingerprint density at radius 1 is 0.270 bits per heavy atom. The van der Waals surface area contributed by atoms with Gasteiger partial charge in [0.15, 0.2) is 12.2 Å². The molecule has 17 nitrogen and oxygen atoms in total. The Balaban J connectivity index is 5.25. The van der Waals surface area contributed by atoms with Crippen LogP contribution in [0.3, 0.4) is 0 Å². The number of unbranched alkanes of at least 4 members (excludes halogenated alkanes) is 53. The van der Waals surface area contributed by atoms with E-state index >= 15 is 0 Å². The zero-order valence-corrected chi connectivity index (χ0v) is 67.1. The lowest BCUT2D eigenvalue weighted by molar-refractivity contribution is -0.161. The minimum absolute atomic E-state index is 0.108. The van der Waals surface area contributed by atoms with Crippen molar-refractivity contribution in [2.45, 2.75) is 451 Å². The van der Waals surface area contributed by atoms with Crippen LogP contribution in [-0.2, 0) is 65.4 Å². The monoisotopic (exact) mass is 1470 g/mol. The lowest BCUT2D eigenvalue weighted by Gasteiger charge is -2.21. The molecule has 0 aromatic rings. The van der Waals surface area contributed by atoms with Gasteiger partial charge in [0.2, 0.25) is 0 Å². The predicted octanol–water partition coefficient (Wildman–Crippen LogP) is 24.4. The van der Waals surface area contributed by atoms with Gasteiger partial charge in [-0.3, -0.25) is 37.3 Å². The van der Waals surface area contributed by atoms with E-state index in [1.807, 2.05) is 0 Å². The largest absolute Gasteiger partial charge is 0.472 e. The van der Waals surface area contributed by atoms with Gasteiger partial charge in [0, 0.05) is 25.7 Å². The molecule has 0 saturated heterocycles. The molecule has 19 heteroatoms. The topological polar surface area (TPSA) is 237 Å². The third-order valence-electron chi connectivity index (χ3n) is 19.0. The van der Waals surface area contributed by atoms with Gasteiger partial charge in [0.25, 0.3) is 0 Å². The molecule has 594 valence electrons. The summed E-state index contributed by atoms with van der Waals surface area (Å²) < 4.78 is 68.7. The SMILES string of the molecule is CCCCCCCCCCCCCCCCCCC(=O)OC[C@H](COP(=O)(O)OC[C@@H](O)COP(=O)(O)OC[C@@H](COC(=O)CCCCCCCCCCCCCC)OC(=O)CCCCCCCCCCCCCCC)OC(=O)CCCCCCCCCCCCCCCCCCC(C)C. The van der Waals surface area contributed by atoms with Crippen LogP contribution in [0.5, 0.6) is 0 Å². The second-order valence-electron chi connectivity index (χ2n) is 29.6. The number of ether oxygens (including phenoxy) is 4. The molecule has 2 unspecified atom stereocenters. The summed E-state index contributed by atoms with van der Waals surface area (Å²) in [5.74, 6) is -1.29. The highest BCUT2D eigenvalue weighted by Gasteiger charge is 2.30. The van der Waals surface area contributed by atoms with Gasteiger partial charge in [-0.15, -0.1) is 0 Å². The van der Waals surface area contributed by atoms with Gasteiger partial charge < -0.3 is 33.8 Å². The Kier molecular flexibility index (Phi) is 72.5. The molecule has 100 heavy (non-hydrogen) atoms. The molecule has 0 fully saturated rings. The minimum Gasteiger partial charge on any atom is -0.462 e. The van der Waals surface area contributed by atoms with Crippen LogP contribution in [0.1, 0.15) is 433 Å². The van der Waals surface area contributed by atoms with E-state index in [1.54, 1.807) is 0 Å². The molecule has 0 heterocycles. The average Bonchev–Trinajstić information content (AvgIpc) is 0.941. The zero-order chi connectivity index (χ0) is 73.4. The molecular formula is C81H158O17P2. The Labute approximate surface area is 613 Å². The molecule has 0 aliphatic rings. The van der Waals surface area contributed by atoms with Crippen LogP contribution in [0.15, 0.2) is 0 Å². The third-order valence-corrected chi connectivity index (χ3v) is 20.9. The van der Waals surface area contributed by atoms with Crippen molar-refractivity contribution >= 4 is 39.5 Å². The summed E-state index contributed by atoms with van der Waals surface area (Å²) >= 11 is 0. The van der Waals surface area contributed by atoms with Crippen LogP contribution >= 0.6 is 15.6 Å². The van der Waals surface area contributed by atoms with Gasteiger partial charge in [-0.2, -0.15) is 0 Å². The van der Waals surface area contributed by atoms with E-state index in [4.69, 9.17) is 37.0 Å². The van der Waals surface area contributed by atoms with Crippen LogP contribution in [0.2, 0.25) is 0 Å². The normalized spacial score (nSPS) is 13.8. The van der Waals surface area contributed by atoms with Gasteiger partial charge >= 0.3 is 39.5 Å². The number of hydrogen-bond donors (Lipinski definition) is 3. The second-order valence-corrected chi connectivity index (χ2v) is 32.5. The van der Waals surface area contributed by atoms with Crippen LogP contribution in [0.4, 0.5) is 0 Å². The summed E-state index contributed by atoms with van der Waals surface area (Å²) in [4.78, 5) is 73.0. The first-order valence-electron chi connectivity index (χ1n) is 42.1. The van der Waals surface area contributed by atoms with Crippen LogP contribution in [0.25, 0.3) is 0 Å². The molecule has 0 aromatic carbocycles. The van der Waals surface area contributed by atoms with Crippen molar-refractivity contribution in [2.75, 3.05) is 39.6 Å². The van der Waals surface area contributed by atoms with Crippen molar-refractivity contribution in [2.24, 2.45) is 5.92 Å². The summed E-state index contributed by atoms with van der Waals surface area (Å²) in [6.45, 7) is 7.37. The number of aliphatic hydroxyl groups excluding tert-OH is 1. The summed E-state index contributed by atoms with van der Waals surface area (Å²) in [6, 6.07) is 0. The van der Waals surface area contributed by atoms with Crippen molar-refractivity contribution in [1.29, 1.82) is 0 Å². The molecule has 0 amide bonds. The number of phosphoric acid groups is 2. The van der Waals surface area contributed by atoms with E-state index in [1.165, 1.54) is 257 Å². The van der Waals surface area contributed by atoms with E-state index in [0.29, 0.717) is 25.7 Å². The Bertz CT molecular complexity index is 1910. The van der Waals surface area contributed by atoms with Crippen molar-refractivity contribution in [3.8, 4) is 0 Å². The number of hydrogen-bond acceptors (Lipinski definition) is 15. The van der Waals surface area contributed by atoms with Crippen LogP contribution in [0, 0.1) is 5.92 Å². The summed E-state index contributed by atoms with van der Waals surface area (Å²) in [7, 11) is -9.92. The number of esters is 4. The molecule has 0 aliphatic carbocycles. The standard InChI is InChI=1S/C81H158O17P2/c1-6-9-12-15-18-21-24-27-28-32-36-40-45-50-55-60-65-79(84)92-71-77(98-81(86)67-62-57-52-47-42-37-33-30-29-31-35-38-43-48-53-58-63-74(4)5)73-96-100(89,90)94-69-75(82)68-93-99(87,88)95-72-76(70-91-78(83)64-59-54-49-44-39-26-23-20-17-14-11-8-3)97-80(85)66-61-56-51-46-41-34-25-22-19-16-13-10-7-2/h74-77,82H,6-73H2,1-5H3,(H,87,88)(H,89,90)/t75-,76+,77+/m0/s1. The molecule has 0 rings (SSSR count). The quantitative estimate of drug-likeness (QED) is 0.0222. The van der Waals surface area contributed by atoms with Crippen LogP contribution < -0.4 is 0 Å². The van der Waals surface area contributed by atoms with E-state index in [0.717, 1.165) is 95.8 Å². The molecule has 0 radical (unpaired) electrons. The Morgan fingerprint density at radius 2 is 0.460 bits per heavy atom. The highest BCUT2D eigenvalue weighted by atomic mass is 31.2. The Morgan fingerprint density at radius 3 is 0.680 bits per heavy atom. The molecule has 0 saturated carbocycles. The third kappa shape index (κ3) is 74.3. The fraction of sp³-hybridized carbons (Fsp3) is 0.951. The highest BCUT2D eigenvalue weighted by Crippen LogP contribution is 2.45. The summed E-state index contributed by atoms with van der Waals surface area (Å²) in [5, 5.41) is 10.6. The van der Waals surface area contributed by atoms with Crippen molar-refractivity contribution in [3.63, 3.8) is 0 Å². The maximum atomic E-state index is 13.1. The Hall–Kier alpha value is -1.94. The first-order chi connectivity index (χ1) is 48.5. The number of phosphoric ester groups is 2. The molecular weight excluding hydrogens is 1310 g/mol. The van der Waals surface area contributed by atoms with Gasteiger partial charge in [-0.25, -0.2) is 9.13 Å². The summed E-state index contributed by atoms with van der Waals surface area (Å²) in [5.41, 5.74) is 0. The van der Waals surface area contributed by atoms with Gasteiger partial charge in [-0.1, -0.05) is 381 Å². The zero-order valence-electron chi connectivity index (χ0n) is 65.3. The fourth-order valence-corrected chi connectivity index (χ4v) is 14.2. The predicted molar refractivity (Wildman–Crippen MR) is 409 cm³/mol. The minimum atomic E-state index is -4.96. The number of aliphatic hydroxyl groups is 1. The highest BCUT2D eigenvalue weighted by molar-refractivity contribution is 7.47. The molecule has 3 N–H and O–H groups in total. The number of carbonyl (C=O) groups is 4. The van der Waals surface area contributed by atoms with Gasteiger partial charge in [0.1, 0.15) is 19.3 Å². The van der Waals surface area contributed by atoms with Crippen LogP contribution in [-0.4, -0.2) is 96.7 Å². The molecule has 0 aromatic heterocycles. The fourth-order valence-electron chi connectivity index (χ4n) is 12.6. The van der Waals surface area contributed by atoms with E-state index in [-0.39, 0.29) is 25.7 Å². The van der Waals surface area contributed by atoms with E-state index in [2.05, 4.69) is 34.6 Å². The van der Waals surface area contributed by atoms with Gasteiger partial charge in [0.05, 0.1) is 26.4 Å². The lowest BCUT2D eigenvalue weighted by Crippen LogP contribution is -2.30. The van der Waals surface area contributed by atoms with Crippen molar-refractivity contribution < 1.29 is 80.2 Å². The number of carbonyl (C=O) groups excluding carboxylic acids is 4. The van der Waals surface area contributed by atoms with Crippen molar-refractivity contribution in [1.82, 2.24) is 0 Å². The maximum Gasteiger partial charge on any atom is 0.472 e. The second kappa shape index (κ2) is 73.9. The summed E-state index contributed by atoms with van der Waals surface area (Å²) in [6.07, 6.45) is 65.0. The van der Waals surface area contributed by atoms with E-state index in [9.17, 15) is 43.2 Å². The molecule has 0 aliphatic heterocycles. The molecule has 5 atom stereocenters. The van der Waals surface area contributed by atoms with Crippen molar-refractivity contribution in [3.05, 3.63) is 0 Å². The molecule has 0 bridgehead atoms. The van der Waals surface area contributed by atoms with E-state index < -0.39 is 97.5 Å². The number of rotatable bonds is 81. The first-order valence-corrected chi connectivity index (χ1v) is 45.1. The average molecular weight is 1470 g/mol. The first kappa shape index (κ1) is 98.1. The maximum absolute atomic E-state index is 13.1.